The van der Waals surface area contributed by atoms with E-state index in [1.807, 2.05) is 12.1 Å². The van der Waals surface area contributed by atoms with E-state index in [1.165, 1.54) is 5.56 Å². The highest BCUT2D eigenvalue weighted by molar-refractivity contribution is 6.23. The summed E-state index contributed by atoms with van der Waals surface area (Å²) in [5, 5.41) is 5.57. The van der Waals surface area contributed by atoms with E-state index in [1.54, 1.807) is 12.3 Å². The van der Waals surface area contributed by atoms with Gasteiger partial charge >= 0.3 is 0 Å². The Morgan fingerprint density at radius 1 is 0.953 bits per heavy atom. The molecule has 1 unspecified atom stereocenters. The monoisotopic (exact) mass is 583 g/mol. The SMILES string of the molecule is NC(=O)c1ccc(N2CCN(Cc3ccc(CNC4=CCCC5=C4C(=O)N(C4CCC(=O)NC4=O)C5=O)cc3)CC2)cn1. The highest BCUT2D eigenvalue weighted by Crippen LogP contribution is 2.35. The van der Waals surface area contributed by atoms with Gasteiger partial charge in [0.15, 0.2) is 0 Å². The Kier molecular flexibility index (Phi) is 7.76. The minimum absolute atomic E-state index is 0.0943. The number of amides is 5. The number of anilines is 1. The number of benzene rings is 1. The smallest absolute Gasteiger partial charge is 0.267 e. The molecule has 2 fully saturated rings. The second-order valence-corrected chi connectivity index (χ2v) is 11.2. The standard InChI is InChI=1S/C31H33N7O5/c32-28(40)24-9-8-21(17-34-24)37-14-12-36(13-15-37)18-20-6-4-19(5-7-20)16-33-23-3-1-2-22-27(23)31(43)38(30(22)42)25-10-11-26(39)35-29(25)41/h3-9,17,25,33H,1-2,10-16,18H2,(H2,32,40)(H,35,39,41). The number of carbonyl (C=O) groups excluding carboxylic acids is 5. The van der Waals surface area contributed by atoms with Crippen LogP contribution in [0.4, 0.5) is 5.69 Å². The number of nitrogens with one attached hydrogen (secondary N) is 2. The summed E-state index contributed by atoms with van der Waals surface area (Å²) in [6.45, 7) is 4.81. The van der Waals surface area contributed by atoms with Gasteiger partial charge in [-0.1, -0.05) is 30.3 Å². The number of piperazine rings is 1. The molecule has 6 rings (SSSR count). The van der Waals surface area contributed by atoms with Crippen molar-refractivity contribution in [3.05, 3.63) is 82.3 Å². The summed E-state index contributed by atoms with van der Waals surface area (Å²) < 4.78 is 0. The van der Waals surface area contributed by atoms with E-state index in [2.05, 4.69) is 49.7 Å². The quantitative estimate of drug-likeness (QED) is 0.381. The summed E-state index contributed by atoms with van der Waals surface area (Å²) in [4.78, 5) is 71.5. The van der Waals surface area contributed by atoms with Gasteiger partial charge in [-0.05, 0) is 42.5 Å². The predicted molar refractivity (Wildman–Crippen MR) is 156 cm³/mol. The Morgan fingerprint density at radius 2 is 1.70 bits per heavy atom. The summed E-state index contributed by atoms with van der Waals surface area (Å²) in [6, 6.07) is 10.9. The number of allylic oxidation sites excluding steroid dienone is 1. The molecule has 1 aromatic heterocycles. The second-order valence-electron chi connectivity index (χ2n) is 11.2. The molecule has 12 heteroatoms. The van der Waals surface area contributed by atoms with Gasteiger partial charge in [0.05, 0.1) is 17.5 Å². The van der Waals surface area contributed by atoms with Gasteiger partial charge in [-0.3, -0.25) is 39.1 Å². The minimum Gasteiger partial charge on any atom is -0.381 e. The van der Waals surface area contributed by atoms with Crippen molar-refractivity contribution in [1.82, 2.24) is 25.4 Å². The summed E-state index contributed by atoms with van der Waals surface area (Å²) in [5.41, 5.74) is 10.1. The molecule has 1 atom stereocenters. The van der Waals surface area contributed by atoms with Gasteiger partial charge in [-0.2, -0.15) is 0 Å². The van der Waals surface area contributed by atoms with Crippen molar-refractivity contribution >= 4 is 35.2 Å². The lowest BCUT2D eigenvalue weighted by Crippen LogP contribution is -2.54. The van der Waals surface area contributed by atoms with Crippen molar-refractivity contribution in [3.63, 3.8) is 0 Å². The van der Waals surface area contributed by atoms with E-state index >= 15 is 0 Å². The Balaban J connectivity index is 1.01. The van der Waals surface area contributed by atoms with Crippen LogP contribution in [0.3, 0.4) is 0 Å². The molecule has 4 N–H and O–H groups in total. The average Bonchev–Trinajstić information content (AvgIpc) is 3.27. The topological polar surface area (TPSA) is 158 Å². The number of pyridine rings is 1. The van der Waals surface area contributed by atoms with Gasteiger partial charge in [0.25, 0.3) is 17.7 Å². The van der Waals surface area contributed by atoms with Crippen molar-refractivity contribution < 1.29 is 24.0 Å². The molecule has 2 aromatic rings. The van der Waals surface area contributed by atoms with E-state index in [0.717, 1.165) is 48.9 Å². The van der Waals surface area contributed by atoms with Gasteiger partial charge < -0.3 is 16.0 Å². The fourth-order valence-corrected chi connectivity index (χ4v) is 6.04. The summed E-state index contributed by atoms with van der Waals surface area (Å²) >= 11 is 0. The van der Waals surface area contributed by atoms with Crippen LogP contribution in [-0.2, 0) is 32.3 Å². The molecule has 0 spiro atoms. The fourth-order valence-electron chi connectivity index (χ4n) is 6.04. The van der Waals surface area contributed by atoms with Crippen LogP contribution in [0.15, 0.2) is 65.5 Å². The first-order chi connectivity index (χ1) is 20.8. The number of imide groups is 2. The number of hydrogen-bond donors (Lipinski definition) is 3. The van der Waals surface area contributed by atoms with Crippen molar-refractivity contribution in [2.75, 3.05) is 31.1 Å². The largest absolute Gasteiger partial charge is 0.381 e. The van der Waals surface area contributed by atoms with E-state index < -0.39 is 35.6 Å². The molecule has 1 aliphatic carbocycles. The molecule has 43 heavy (non-hydrogen) atoms. The first-order valence-corrected chi connectivity index (χ1v) is 14.5. The van der Waals surface area contributed by atoms with E-state index in [9.17, 15) is 24.0 Å². The molecular weight excluding hydrogens is 550 g/mol. The molecule has 3 aliphatic heterocycles. The number of nitrogens with zero attached hydrogens (tertiary/aromatic N) is 4. The molecule has 0 bridgehead atoms. The van der Waals surface area contributed by atoms with Crippen LogP contribution in [0.25, 0.3) is 0 Å². The summed E-state index contributed by atoms with van der Waals surface area (Å²) in [5.74, 6) is -2.45. The van der Waals surface area contributed by atoms with Crippen LogP contribution in [0.5, 0.6) is 0 Å². The number of hydrogen-bond acceptors (Lipinski definition) is 9. The van der Waals surface area contributed by atoms with Crippen LogP contribution in [0.2, 0.25) is 0 Å². The zero-order valence-electron chi connectivity index (χ0n) is 23.7. The lowest BCUT2D eigenvalue weighted by Gasteiger charge is -2.36. The third kappa shape index (κ3) is 5.78. The van der Waals surface area contributed by atoms with Crippen LogP contribution >= 0.6 is 0 Å². The third-order valence-electron chi connectivity index (χ3n) is 8.40. The van der Waals surface area contributed by atoms with Crippen molar-refractivity contribution in [3.8, 4) is 0 Å². The molecule has 5 amide bonds. The average molecular weight is 584 g/mol. The van der Waals surface area contributed by atoms with Crippen molar-refractivity contribution in [1.29, 1.82) is 0 Å². The zero-order valence-corrected chi connectivity index (χ0v) is 23.7. The first-order valence-electron chi connectivity index (χ1n) is 14.5. The fraction of sp³-hybridized carbons (Fsp3) is 0.355. The van der Waals surface area contributed by atoms with Crippen molar-refractivity contribution in [2.24, 2.45) is 5.73 Å². The molecule has 4 aliphatic rings. The maximum absolute atomic E-state index is 13.3. The molecule has 0 saturated carbocycles. The summed E-state index contributed by atoms with van der Waals surface area (Å²) in [7, 11) is 0. The van der Waals surface area contributed by atoms with E-state index in [4.69, 9.17) is 5.73 Å². The molecule has 222 valence electrons. The predicted octanol–water partition coefficient (Wildman–Crippen LogP) is 0.741. The second kappa shape index (κ2) is 11.8. The Labute approximate surface area is 248 Å². The molecule has 12 nitrogen and oxygen atoms in total. The van der Waals surface area contributed by atoms with Crippen LogP contribution in [0.1, 0.15) is 47.3 Å². The number of nitrogens with two attached hydrogens (primary N) is 1. The maximum Gasteiger partial charge on any atom is 0.267 e. The Morgan fingerprint density at radius 3 is 2.37 bits per heavy atom. The van der Waals surface area contributed by atoms with Gasteiger partial charge in [0.2, 0.25) is 11.8 Å². The molecule has 2 saturated heterocycles. The van der Waals surface area contributed by atoms with Gasteiger partial charge in [0, 0.05) is 57.0 Å². The van der Waals surface area contributed by atoms with Crippen LogP contribution < -0.4 is 21.3 Å². The van der Waals surface area contributed by atoms with Crippen molar-refractivity contribution in [2.45, 2.75) is 44.8 Å². The highest BCUT2D eigenvalue weighted by Gasteiger charge is 2.47. The summed E-state index contributed by atoms with van der Waals surface area (Å²) in [6.07, 6.45) is 4.91. The first kappa shape index (κ1) is 28.3. The van der Waals surface area contributed by atoms with Gasteiger partial charge in [-0.15, -0.1) is 0 Å². The van der Waals surface area contributed by atoms with E-state index in [0.29, 0.717) is 36.2 Å². The number of primary amides is 1. The maximum atomic E-state index is 13.3. The molecular formula is C31H33N7O5. The zero-order chi connectivity index (χ0) is 30.1. The number of carbonyl (C=O) groups is 5. The lowest BCUT2D eigenvalue weighted by atomic mass is 9.96. The molecule has 0 radical (unpaired) electrons. The number of rotatable bonds is 8. The molecule has 1 aromatic carbocycles. The van der Waals surface area contributed by atoms with E-state index in [-0.39, 0.29) is 18.5 Å². The Bertz CT molecular complexity index is 1540. The van der Waals surface area contributed by atoms with Crippen LogP contribution in [-0.4, -0.2) is 76.5 Å². The minimum atomic E-state index is -0.966. The molecule has 4 heterocycles. The highest BCUT2D eigenvalue weighted by atomic mass is 16.2. The van der Waals surface area contributed by atoms with Gasteiger partial charge in [-0.25, -0.2) is 4.98 Å². The third-order valence-corrected chi connectivity index (χ3v) is 8.40. The van der Waals surface area contributed by atoms with Gasteiger partial charge in [0.1, 0.15) is 11.7 Å². The number of piperidine rings is 1. The lowest BCUT2D eigenvalue weighted by molar-refractivity contribution is -0.150. The normalized spacial score (nSPS) is 21.1. The number of aromatic nitrogens is 1. The Hall–Kier alpha value is -4.84. The van der Waals surface area contributed by atoms with Crippen LogP contribution in [0, 0.1) is 0 Å².